The van der Waals surface area contributed by atoms with Gasteiger partial charge in [0.1, 0.15) is 0 Å². The average Bonchev–Trinajstić information content (AvgIpc) is 2.73. The Morgan fingerprint density at radius 2 is 1.95 bits per heavy atom. The van der Waals surface area contributed by atoms with Gasteiger partial charge in [0.25, 0.3) is 5.69 Å². The average molecular weight is 276 g/mol. The number of ketones is 1. The Hall–Kier alpha value is -1.75. The number of carbonyl (C=O) groups is 1. The van der Waals surface area contributed by atoms with Crippen LogP contribution in [0.3, 0.4) is 0 Å². The number of nitrogens with one attached hydrogen (secondary N) is 1. The lowest BCUT2D eigenvalue weighted by Crippen LogP contribution is -2.33. The molecule has 0 bridgehead atoms. The minimum absolute atomic E-state index is 0.0367. The highest BCUT2D eigenvalue weighted by atomic mass is 16.6. The second kappa shape index (κ2) is 7.14. The van der Waals surface area contributed by atoms with Crippen molar-refractivity contribution >= 4 is 11.5 Å². The summed E-state index contributed by atoms with van der Waals surface area (Å²) in [5, 5.41) is 14.0. The Labute approximate surface area is 118 Å². The molecule has 0 heterocycles. The number of Topliss-reactive ketones (excluding diaryl/α,β-unsaturated/α-hetero) is 1. The first-order chi connectivity index (χ1) is 9.66. The van der Waals surface area contributed by atoms with E-state index < -0.39 is 4.92 Å². The fraction of sp³-hybridized carbons (Fsp3) is 0.533. The van der Waals surface area contributed by atoms with Crippen LogP contribution in [0, 0.1) is 10.1 Å². The molecule has 0 unspecified atom stereocenters. The number of hydrogen-bond acceptors (Lipinski definition) is 4. The van der Waals surface area contributed by atoms with Gasteiger partial charge in [-0.05, 0) is 12.8 Å². The second-order valence-electron chi connectivity index (χ2n) is 5.30. The molecule has 0 aliphatic heterocycles. The summed E-state index contributed by atoms with van der Waals surface area (Å²) in [5.41, 5.74) is 0.366. The topological polar surface area (TPSA) is 72.2 Å². The Morgan fingerprint density at radius 3 is 2.60 bits per heavy atom. The molecule has 1 saturated carbocycles. The molecule has 1 N–H and O–H groups in total. The maximum atomic E-state index is 12.1. The van der Waals surface area contributed by atoms with Gasteiger partial charge in [-0.25, -0.2) is 0 Å². The minimum atomic E-state index is -0.477. The van der Waals surface area contributed by atoms with Gasteiger partial charge in [0, 0.05) is 23.7 Å². The van der Waals surface area contributed by atoms with Crippen molar-refractivity contribution in [1.29, 1.82) is 0 Å². The molecule has 1 aliphatic rings. The van der Waals surface area contributed by atoms with Gasteiger partial charge in [-0.1, -0.05) is 37.8 Å². The minimum Gasteiger partial charge on any atom is -0.307 e. The number of hydrogen-bond donors (Lipinski definition) is 1. The molecule has 1 aromatic carbocycles. The summed E-state index contributed by atoms with van der Waals surface area (Å²) in [6, 6.07) is 6.33. The second-order valence-corrected chi connectivity index (χ2v) is 5.30. The highest BCUT2D eigenvalue weighted by molar-refractivity contribution is 5.98. The lowest BCUT2D eigenvalue weighted by atomic mass is 10.1. The summed E-state index contributed by atoms with van der Waals surface area (Å²) in [6.07, 6.45) is 7.20. The van der Waals surface area contributed by atoms with Crippen LogP contribution >= 0.6 is 0 Å². The fourth-order valence-electron chi connectivity index (χ4n) is 2.62. The smallest absolute Gasteiger partial charge is 0.270 e. The normalized spacial score (nSPS) is 16.6. The SMILES string of the molecule is O=C(CNC1CCCCCC1)c1cccc([N+](=O)[O-])c1. The van der Waals surface area contributed by atoms with Crippen molar-refractivity contribution in [3.05, 3.63) is 39.9 Å². The van der Waals surface area contributed by atoms with E-state index in [4.69, 9.17) is 0 Å². The molecule has 108 valence electrons. The number of carbonyl (C=O) groups excluding carboxylic acids is 1. The van der Waals surface area contributed by atoms with Gasteiger partial charge in [-0.2, -0.15) is 0 Å². The molecular weight excluding hydrogens is 256 g/mol. The van der Waals surface area contributed by atoms with E-state index in [1.807, 2.05) is 0 Å². The maximum Gasteiger partial charge on any atom is 0.270 e. The fourth-order valence-corrected chi connectivity index (χ4v) is 2.62. The molecule has 5 heteroatoms. The van der Waals surface area contributed by atoms with Crippen LogP contribution in [0.2, 0.25) is 0 Å². The highest BCUT2D eigenvalue weighted by Crippen LogP contribution is 2.17. The first-order valence-electron chi connectivity index (χ1n) is 7.18. The summed E-state index contributed by atoms with van der Waals surface area (Å²) >= 11 is 0. The van der Waals surface area contributed by atoms with Crippen LogP contribution in [0.25, 0.3) is 0 Å². The van der Waals surface area contributed by atoms with Crippen LogP contribution in [0.4, 0.5) is 5.69 Å². The number of nitro benzene ring substituents is 1. The van der Waals surface area contributed by atoms with Gasteiger partial charge < -0.3 is 5.32 Å². The van der Waals surface area contributed by atoms with Crippen molar-refractivity contribution in [2.45, 2.75) is 44.6 Å². The number of rotatable bonds is 5. The third kappa shape index (κ3) is 4.13. The summed E-state index contributed by atoms with van der Waals surface area (Å²) in [6.45, 7) is 0.256. The Kier molecular flexibility index (Phi) is 5.24. The third-order valence-corrected chi connectivity index (χ3v) is 3.79. The first-order valence-corrected chi connectivity index (χ1v) is 7.18. The van der Waals surface area contributed by atoms with E-state index in [0.717, 1.165) is 12.8 Å². The third-order valence-electron chi connectivity index (χ3n) is 3.79. The van der Waals surface area contributed by atoms with Crippen LogP contribution in [-0.4, -0.2) is 23.3 Å². The molecule has 0 saturated heterocycles. The molecule has 1 fully saturated rings. The molecular formula is C15H20N2O3. The molecule has 2 rings (SSSR count). The zero-order valence-electron chi connectivity index (χ0n) is 11.5. The van der Waals surface area contributed by atoms with Gasteiger partial charge in [-0.15, -0.1) is 0 Å². The van der Waals surface area contributed by atoms with Crippen molar-refractivity contribution in [2.75, 3.05) is 6.54 Å². The van der Waals surface area contributed by atoms with Crippen LogP contribution in [0.1, 0.15) is 48.9 Å². The lowest BCUT2D eigenvalue weighted by Gasteiger charge is -2.15. The van der Waals surface area contributed by atoms with Crippen molar-refractivity contribution in [2.24, 2.45) is 0 Å². The van der Waals surface area contributed by atoms with Gasteiger partial charge in [0.2, 0.25) is 0 Å². The Morgan fingerprint density at radius 1 is 1.25 bits per heavy atom. The van der Waals surface area contributed by atoms with Gasteiger partial charge >= 0.3 is 0 Å². The van der Waals surface area contributed by atoms with Crippen molar-refractivity contribution in [3.63, 3.8) is 0 Å². The van der Waals surface area contributed by atoms with E-state index in [-0.39, 0.29) is 18.0 Å². The highest BCUT2D eigenvalue weighted by Gasteiger charge is 2.15. The number of nitrogens with zero attached hydrogens (tertiary/aromatic N) is 1. The van der Waals surface area contributed by atoms with Crippen LogP contribution in [-0.2, 0) is 0 Å². The van der Waals surface area contributed by atoms with E-state index >= 15 is 0 Å². The molecule has 1 aromatic rings. The van der Waals surface area contributed by atoms with Gasteiger partial charge in [0.05, 0.1) is 11.5 Å². The predicted molar refractivity (Wildman–Crippen MR) is 76.9 cm³/mol. The largest absolute Gasteiger partial charge is 0.307 e. The zero-order chi connectivity index (χ0) is 14.4. The summed E-state index contributed by atoms with van der Waals surface area (Å²) in [4.78, 5) is 22.3. The quantitative estimate of drug-likeness (QED) is 0.388. The van der Waals surface area contributed by atoms with E-state index in [1.54, 1.807) is 12.1 Å². The van der Waals surface area contributed by atoms with Gasteiger partial charge in [0.15, 0.2) is 5.78 Å². The molecule has 0 atom stereocenters. The molecule has 20 heavy (non-hydrogen) atoms. The number of nitro groups is 1. The van der Waals surface area contributed by atoms with E-state index in [1.165, 1.54) is 37.8 Å². The van der Waals surface area contributed by atoms with E-state index in [9.17, 15) is 14.9 Å². The van der Waals surface area contributed by atoms with Crippen molar-refractivity contribution in [1.82, 2.24) is 5.32 Å². The maximum absolute atomic E-state index is 12.1. The van der Waals surface area contributed by atoms with Gasteiger partial charge in [-0.3, -0.25) is 14.9 Å². The van der Waals surface area contributed by atoms with Crippen molar-refractivity contribution in [3.8, 4) is 0 Å². The molecule has 1 aliphatic carbocycles. The van der Waals surface area contributed by atoms with Crippen LogP contribution in [0.5, 0.6) is 0 Å². The molecule has 0 radical (unpaired) electrons. The summed E-state index contributed by atoms with van der Waals surface area (Å²) in [5.74, 6) is -0.0852. The summed E-state index contributed by atoms with van der Waals surface area (Å²) in [7, 11) is 0. The van der Waals surface area contributed by atoms with Crippen LogP contribution in [0.15, 0.2) is 24.3 Å². The van der Waals surface area contributed by atoms with Crippen molar-refractivity contribution < 1.29 is 9.72 Å². The number of benzene rings is 1. The molecule has 5 nitrogen and oxygen atoms in total. The Bertz CT molecular complexity index is 480. The Balaban J connectivity index is 1.90. The standard InChI is InChI=1S/C15H20N2O3/c18-15(11-16-13-7-3-1-2-4-8-13)12-6-5-9-14(10-12)17(19)20/h5-6,9-10,13,16H,1-4,7-8,11H2. The van der Waals surface area contributed by atoms with E-state index in [0.29, 0.717) is 11.6 Å². The number of non-ortho nitro benzene ring substituents is 1. The van der Waals surface area contributed by atoms with E-state index in [2.05, 4.69) is 5.32 Å². The predicted octanol–water partition coefficient (Wildman–Crippen LogP) is 3.09. The summed E-state index contributed by atoms with van der Waals surface area (Å²) < 4.78 is 0. The molecule has 0 aromatic heterocycles. The monoisotopic (exact) mass is 276 g/mol. The first kappa shape index (κ1) is 14.7. The molecule has 0 spiro atoms. The zero-order valence-corrected chi connectivity index (χ0v) is 11.5. The molecule has 0 amide bonds. The van der Waals surface area contributed by atoms with Crippen LogP contribution < -0.4 is 5.32 Å². The lowest BCUT2D eigenvalue weighted by molar-refractivity contribution is -0.384.